The summed E-state index contributed by atoms with van der Waals surface area (Å²) >= 11 is 0. The Morgan fingerprint density at radius 2 is 0.821 bits per heavy atom. The Morgan fingerprint density at radius 1 is 0.536 bits per heavy atom. The average molecular weight is 368 g/mol. The largest absolute Gasteiger partial charge is 0.165 e. The van der Waals surface area contributed by atoms with Crippen molar-refractivity contribution in [2.24, 2.45) is 34.0 Å². The van der Waals surface area contributed by atoms with Crippen LogP contribution in [0, 0.1) is 34.0 Å². The minimum absolute atomic E-state index is 0.232. The Hall–Kier alpha value is -1.50. The van der Waals surface area contributed by atoms with E-state index in [4.69, 9.17) is 0 Å². The van der Waals surface area contributed by atoms with Crippen LogP contribution >= 0.6 is 0 Å². The lowest BCUT2D eigenvalue weighted by Gasteiger charge is -2.69. The molecule has 28 heavy (non-hydrogen) atoms. The predicted molar refractivity (Wildman–Crippen MR) is 120 cm³/mol. The van der Waals surface area contributed by atoms with E-state index >= 15 is 0 Å². The van der Waals surface area contributed by atoms with Gasteiger partial charge in [0.05, 0.1) is 0 Å². The molecule has 1 heteroatoms. The van der Waals surface area contributed by atoms with Gasteiger partial charge in [-0.3, -0.25) is 0 Å². The van der Waals surface area contributed by atoms with Crippen LogP contribution < -0.4 is 0 Å². The van der Waals surface area contributed by atoms with Crippen molar-refractivity contribution in [2.45, 2.75) is 59.0 Å². The maximum atomic E-state index is 2.55. The van der Waals surface area contributed by atoms with Crippen LogP contribution in [0.25, 0.3) is 0 Å². The summed E-state index contributed by atoms with van der Waals surface area (Å²) in [6.07, 6.45) is 22.3. The van der Waals surface area contributed by atoms with Gasteiger partial charge in [0.2, 0.25) is 0 Å². The molecule has 6 aliphatic rings. The van der Waals surface area contributed by atoms with Gasteiger partial charge in [-0.2, -0.15) is 0 Å². The first-order valence-corrected chi connectivity index (χ1v) is 11.3. The Bertz CT molecular complexity index is 821. The van der Waals surface area contributed by atoms with E-state index in [0.29, 0.717) is 35.2 Å². The van der Waals surface area contributed by atoms with E-state index in [0.717, 1.165) is 6.71 Å². The molecule has 6 rings (SSSR count). The van der Waals surface area contributed by atoms with Crippen molar-refractivity contribution < 1.29 is 0 Å². The maximum absolute atomic E-state index is 2.55. The fourth-order valence-corrected chi connectivity index (χ4v) is 8.70. The van der Waals surface area contributed by atoms with Crippen molar-refractivity contribution >= 4 is 6.71 Å². The second kappa shape index (κ2) is 4.97. The van der Waals surface area contributed by atoms with Gasteiger partial charge in [0.1, 0.15) is 0 Å². The molecule has 3 aliphatic carbocycles. The second-order valence-corrected chi connectivity index (χ2v) is 11.9. The lowest BCUT2D eigenvalue weighted by Crippen LogP contribution is -2.63. The molecule has 0 amide bonds. The van der Waals surface area contributed by atoms with Gasteiger partial charge in [0.15, 0.2) is 6.71 Å². The van der Waals surface area contributed by atoms with Crippen LogP contribution in [0.3, 0.4) is 0 Å². The fourth-order valence-electron chi connectivity index (χ4n) is 8.70. The highest BCUT2D eigenvalue weighted by Crippen LogP contribution is 2.76. The summed E-state index contributed by atoms with van der Waals surface area (Å²) in [6, 6.07) is 0. The molecule has 3 saturated heterocycles. The highest BCUT2D eigenvalue weighted by atomic mass is 14.6. The van der Waals surface area contributed by atoms with Gasteiger partial charge in [0, 0.05) is 0 Å². The van der Waals surface area contributed by atoms with Crippen molar-refractivity contribution in [3.8, 4) is 0 Å². The Kier molecular flexibility index (Phi) is 3.08. The minimum atomic E-state index is 0.232. The average Bonchev–Trinajstić information content (AvgIpc) is 2.66. The Labute approximate surface area is 171 Å². The first kappa shape index (κ1) is 17.4. The van der Waals surface area contributed by atoms with Gasteiger partial charge in [-0.05, 0) is 51.5 Å². The monoisotopic (exact) mass is 368 g/mol. The van der Waals surface area contributed by atoms with Crippen LogP contribution in [-0.2, 0) is 0 Å². The summed E-state index contributed by atoms with van der Waals surface area (Å²) in [5, 5.41) is 0. The molecule has 3 aliphatic heterocycles. The third-order valence-electron chi connectivity index (χ3n) is 10.00. The van der Waals surface area contributed by atoms with Crippen LogP contribution in [0.5, 0.6) is 0 Å². The van der Waals surface area contributed by atoms with Gasteiger partial charge < -0.3 is 0 Å². The third kappa shape index (κ3) is 1.73. The summed E-state index contributed by atoms with van der Waals surface area (Å²) < 4.78 is 0. The van der Waals surface area contributed by atoms with E-state index in [-0.39, 0.29) is 16.2 Å². The third-order valence-corrected chi connectivity index (χ3v) is 10.00. The lowest BCUT2D eigenvalue weighted by atomic mass is 9.10. The predicted octanol–water partition coefficient (Wildman–Crippen LogP) is 7.05. The zero-order chi connectivity index (χ0) is 19.6. The van der Waals surface area contributed by atoms with Crippen LogP contribution in [-0.4, -0.2) is 6.71 Å². The molecule has 0 aromatic heterocycles. The number of hydrogen-bond donors (Lipinski definition) is 0. The van der Waals surface area contributed by atoms with Crippen molar-refractivity contribution in [1.29, 1.82) is 0 Å². The molecule has 6 unspecified atom stereocenters. The summed E-state index contributed by atoms with van der Waals surface area (Å²) in [5.74, 6) is 3.96. The molecule has 3 heterocycles. The molecule has 0 saturated carbocycles. The SMILES string of the molecule is CC1(C)C2=CC=CC3C2B2C4C(=CC=CC41)C(C)(C)C1C=CC=C(C21)C3(C)C. The van der Waals surface area contributed by atoms with Gasteiger partial charge in [-0.1, -0.05) is 113 Å². The van der Waals surface area contributed by atoms with Crippen molar-refractivity contribution in [3.05, 3.63) is 71.4 Å². The van der Waals surface area contributed by atoms with Gasteiger partial charge in [-0.25, -0.2) is 0 Å². The van der Waals surface area contributed by atoms with Crippen LogP contribution in [0.2, 0.25) is 17.5 Å². The smallest absolute Gasteiger partial charge is 0.0807 e. The zero-order valence-electron chi connectivity index (χ0n) is 18.2. The van der Waals surface area contributed by atoms with Crippen LogP contribution in [0.1, 0.15) is 41.5 Å². The second-order valence-electron chi connectivity index (χ2n) is 11.9. The number of hydrogen-bond acceptors (Lipinski definition) is 0. The minimum Gasteiger partial charge on any atom is -0.0807 e. The lowest BCUT2D eigenvalue weighted by molar-refractivity contribution is 0.162. The van der Waals surface area contributed by atoms with Gasteiger partial charge in [-0.15, -0.1) is 0 Å². The summed E-state index contributed by atoms with van der Waals surface area (Å²) in [6.45, 7) is 15.9. The van der Waals surface area contributed by atoms with Gasteiger partial charge in [0.25, 0.3) is 0 Å². The first-order valence-electron chi connectivity index (χ1n) is 11.3. The van der Waals surface area contributed by atoms with Crippen LogP contribution in [0.15, 0.2) is 71.4 Å². The molecule has 0 nitrogen and oxygen atoms in total. The first-order chi connectivity index (χ1) is 13.2. The maximum Gasteiger partial charge on any atom is 0.165 e. The van der Waals surface area contributed by atoms with Crippen molar-refractivity contribution in [3.63, 3.8) is 0 Å². The molecular formula is C27H33B. The van der Waals surface area contributed by atoms with E-state index in [1.165, 1.54) is 0 Å². The number of allylic oxidation sites excluding steroid dienone is 12. The molecule has 3 fully saturated rings. The molecule has 0 spiro atoms. The van der Waals surface area contributed by atoms with E-state index in [9.17, 15) is 0 Å². The fraction of sp³-hybridized carbons (Fsp3) is 0.556. The van der Waals surface area contributed by atoms with Crippen LogP contribution in [0.4, 0.5) is 0 Å². The molecule has 0 aromatic carbocycles. The standard InChI is InChI=1S/C27H33B/c1-25(2)16-10-7-12-18-22(16)28-23-17(25)11-8-13-19(23)27(5,6)21-15-9-14-20(24(21)28)26(18,3)4/h7-16,19-20,22-24H,1-6H3. The highest BCUT2D eigenvalue weighted by Gasteiger charge is 2.68. The highest BCUT2D eigenvalue weighted by molar-refractivity contribution is 6.68. The normalized spacial score (nSPS) is 44.4. The molecule has 0 aromatic rings. The Balaban J connectivity index is 1.68. The topological polar surface area (TPSA) is 0 Å². The quantitative estimate of drug-likeness (QED) is 0.402. The van der Waals surface area contributed by atoms with Crippen molar-refractivity contribution in [1.82, 2.24) is 0 Å². The molecule has 6 atom stereocenters. The van der Waals surface area contributed by atoms with E-state index in [1.54, 1.807) is 16.7 Å². The molecular weight excluding hydrogens is 335 g/mol. The molecule has 0 radical (unpaired) electrons. The van der Waals surface area contributed by atoms with Gasteiger partial charge >= 0.3 is 0 Å². The molecule has 144 valence electrons. The Morgan fingerprint density at radius 3 is 1.11 bits per heavy atom. The van der Waals surface area contributed by atoms with E-state index in [1.807, 2.05) is 0 Å². The summed E-state index contributed by atoms with van der Waals surface area (Å²) in [5.41, 5.74) is 5.90. The molecule has 0 bridgehead atoms. The van der Waals surface area contributed by atoms with Crippen molar-refractivity contribution in [2.75, 3.05) is 0 Å². The summed E-state index contributed by atoms with van der Waals surface area (Å²) in [4.78, 5) is 0. The number of rotatable bonds is 0. The zero-order valence-corrected chi connectivity index (χ0v) is 18.2. The summed E-state index contributed by atoms with van der Waals surface area (Å²) in [7, 11) is 0. The van der Waals surface area contributed by atoms with E-state index < -0.39 is 0 Å². The molecule has 0 N–H and O–H groups in total. The van der Waals surface area contributed by atoms with E-state index in [2.05, 4.69) is 96.2 Å².